The zero-order valence-corrected chi connectivity index (χ0v) is 19.9. The Kier molecular flexibility index (Phi) is 5.44. The average Bonchev–Trinajstić information content (AvgIpc) is 3.51. The van der Waals surface area contributed by atoms with Crippen LogP contribution in [-0.4, -0.2) is 49.6 Å². The number of likely N-dealkylation sites (tertiary alicyclic amines) is 1. The third kappa shape index (κ3) is 3.69. The van der Waals surface area contributed by atoms with Crippen LogP contribution in [0.4, 0.5) is 5.82 Å². The van der Waals surface area contributed by atoms with Crippen LogP contribution >= 0.6 is 0 Å². The zero-order chi connectivity index (χ0) is 24.7. The van der Waals surface area contributed by atoms with Gasteiger partial charge < -0.3 is 15.3 Å². The van der Waals surface area contributed by atoms with Gasteiger partial charge in [0.1, 0.15) is 16.9 Å². The number of carboxylic acid groups (broad SMARTS) is 1. The summed E-state index contributed by atoms with van der Waals surface area (Å²) in [5.41, 5.74) is 4.66. The zero-order valence-electron chi connectivity index (χ0n) is 19.9. The molecule has 1 spiro atoms. The van der Waals surface area contributed by atoms with Crippen LogP contribution in [0.1, 0.15) is 56.7 Å². The van der Waals surface area contributed by atoms with Gasteiger partial charge in [-0.3, -0.25) is 4.79 Å². The van der Waals surface area contributed by atoms with Gasteiger partial charge in [-0.1, -0.05) is 54.6 Å². The molecule has 6 rings (SSSR count). The lowest BCUT2D eigenvalue weighted by Gasteiger charge is -2.40. The van der Waals surface area contributed by atoms with Crippen LogP contribution in [0.25, 0.3) is 5.65 Å². The lowest BCUT2D eigenvalue weighted by atomic mass is 9.74. The van der Waals surface area contributed by atoms with E-state index in [9.17, 15) is 14.7 Å². The fraction of sp³-hybridized carbons (Fsp3) is 0.286. The van der Waals surface area contributed by atoms with Gasteiger partial charge in [0.15, 0.2) is 5.65 Å². The van der Waals surface area contributed by atoms with Crippen LogP contribution in [0.5, 0.6) is 0 Å². The predicted molar refractivity (Wildman–Crippen MR) is 135 cm³/mol. The van der Waals surface area contributed by atoms with Crippen molar-refractivity contribution in [2.75, 3.05) is 18.4 Å². The van der Waals surface area contributed by atoms with E-state index >= 15 is 0 Å². The first-order chi connectivity index (χ1) is 17.6. The fourth-order valence-corrected chi connectivity index (χ4v) is 5.78. The number of rotatable bonds is 5. The van der Waals surface area contributed by atoms with E-state index in [1.165, 1.54) is 28.0 Å². The lowest BCUT2D eigenvalue weighted by Crippen LogP contribution is -2.44. The van der Waals surface area contributed by atoms with Crippen molar-refractivity contribution < 1.29 is 14.7 Å². The van der Waals surface area contributed by atoms with Crippen molar-refractivity contribution in [3.05, 3.63) is 94.8 Å². The summed E-state index contributed by atoms with van der Waals surface area (Å²) in [5.74, 6) is -0.773. The Bertz CT molecular complexity index is 1450. The lowest BCUT2D eigenvalue weighted by molar-refractivity contribution is 0.0664. The van der Waals surface area contributed by atoms with Crippen LogP contribution in [0.15, 0.2) is 67.0 Å². The molecule has 0 atom stereocenters. The molecule has 0 radical (unpaired) electrons. The molecule has 2 aliphatic rings. The second kappa shape index (κ2) is 8.78. The molecule has 4 aromatic rings. The molecule has 36 heavy (non-hydrogen) atoms. The summed E-state index contributed by atoms with van der Waals surface area (Å²) in [6, 6.07) is 18.5. The molecule has 2 aromatic heterocycles. The Hall–Kier alpha value is -4.20. The topological polar surface area (TPSA) is 99.8 Å². The van der Waals surface area contributed by atoms with E-state index in [-0.39, 0.29) is 22.5 Å². The van der Waals surface area contributed by atoms with Gasteiger partial charge in [0.25, 0.3) is 5.91 Å². The number of aryl methyl sites for hydroxylation is 1. The number of fused-ring (bicyclic) bond motifs is 3. The maximum absolute atomic E-state index is 13.8. The Morgan fingerprint density at radius 2 is 1.69 bits per heavy atom. The van der Waals surface area contributed by atoms with Gasteiger partial charge in [-0.2, -0.15) is 9.61 Å². The second-order valence-electron chi connectivity index (χ2n) is 9.69. The van der Waals surface area contributed by atoms with E-state index in [2.05, 4.69) is 39.7 Å². The van der Waals surface area contributed by atoms with E-state index < -0.39 is 5.97 Å². The summed E-state index contributed by atoms with van der Waals surface area (Å²) in [7, 11) is 0. The molecule has 2 aromatic carbocycles. The maximum Gasteiger partial charge on any atom is 0.341 e. The number of anilines is 1. The number of amides is 1. The third-order valence-corrected chi connectivity index (χ3v) is 7.76. The van der Waals surface area contributed by atoms with Crippen LogP contribution in [-0.2, 0) is 18.4 Å². The number of nitrogens with zero attached hydrogens (tertiary/aromatic N) is 4. The minimum absolute atomic E-state index is 0.00317. The number of piperidine rings is 1. The monoisotopic (exact) mass is 481 g/mol. The Balaban J connectivity index is 1.29. The molecule has 1 fully saturated rings. The number of aromatic nitrogens is 3. The van der Waals surface area contributed by atoms with Crippen molar-refractivity contribution in [3.63, 3.8) is 0 Å². The van der Waals surface area contributed by atoms with Crippen molar-refractivity contribution in [1.82, 2.24) is 19.5 Å². The molecule has 3 heterocycles. The number of carboxylic acids is 1. The van der Waals surface area contributed by atoms with Crippen molar-refractivity contribution in [1.29, 1.82) is 0 Å². The standard InChI is InChI=1S/C28H27N5O3/c34-26(32-14-12-28(13-15-32)11-10-20-8-4-5-9-23(20)28)21-17-30-25-22(27(35)36)18-31-33(25)24(21)29-16-19-6-2-1-3-7-19/h1-9,17-18,29H,10-16H2,(H,35,36). The molecule has 1 aliphatic carbocycles. The van der Waals surface area contributed by atoms with Crippen LogP contribution in [0.2, 0.25) is 0 Å². The number of aromatic carboxylic acids is 1. The van der Waals surface area contributed by atoms with Gasteiger partial charge in [-0.25, -0.2) is 9.78 Å². The van der Waals surface area contributed by atoms with Gasteiger partial charge in [-0.15, -0.1) is 0 Å². The van der Waals surface area contributed by atoms with Crippen molar-refractivity contribution in [3.8, 4) is 0 Å². The molecule has 0 unspecified atom stereocenters. The van der Waals surface area contributed by atoms with Crippen molar-refractivity contribution >= 4 is 23.3 Å². The normalized spacial score (nSPS) is 16.3. The minimum Gasteiger partial charge on any atom is -0.477 e. The molecular weight excluding hydrogens is 454 g/mol. The summed E-state index contributed by atoms with van der Waals surface area (Å²) < 4.78 is 1.43. The summed E-state index contributed by atoms with van der Waals surface area (Å²) in [4.78, 5) is 31.6. The number of carbonyl (C=O) groups excluding carboxylic acids is 1. The highest BCUT2D eigenvalue weighted by Gasteiger charge is 2.42. The van der Waals surface area contributed by atoms with Gasteiger partial charge in [0.05, 0.1) is 6.20 Å². The number of nitrogens with one attached hydrogen (secondary N) is 1. The summed E-state index contributed by atoms with van der Waals surface area (Å²) in [6.45, 7) is 1.80. The molecule has 1 amide bonds. The largest absolute Gasteiger partial charge is 0.477 e. The van der Waals surface area contributed by atoms with Crippen LogP contribution in [0.3, 0.4) is 0 Å². The molecule has 8 heteroatoms. The molecular formula is C28H27N5O3. The first-order valence-electron chi connectivity index (χ1n) is 12.3. The molecule has 1 aliphatic heterocycles. The van der Waals surface area contributed by atoms with Crippen molar-refractivity contribution in [2.24, 2.45) is 0 Å². The molecule has 8 nitrogen and oxygen atoms in total. The highest BCUT2D eigenvalue weighted by atomic mass is 16.4. The third-order valence-electron chi connectivity index (χ3n) is 7.76. The predicted octanol–water partition coefficient (Wildman–Crippen LogP) is 4.16. The smallest absolute Gasteiger partial charge is 0.341 e. The van der Waals surface area contributed by atoms with Gasteiger partial charge in [-0.05, 0) is 47.8 Å². The number of benzene rings is 2. The number of hydrogen-bond donors (Lipinski definition) is 2. The molecule has 1 saturated heterocycles. The van der Waals surface area contributed by atoms with E-state index in [0.29, 0.717) is 31.0 Å². The van der Waals surface area contributed by atoms with Crippen LogP contribution < -0.4 is 5.32 Å². The van der Waals surface area contributed by atoms with Crippen molar-refractivity contribution in [2.45, 2.75) is 37.6 Å². The first kappa shape index (κ1) is 22.3. The van der Waals surface area contributed by atoms with Crippen LogP contribution in [0, 0.1) is 0 Å². The van der Waals surface area contributed by atoms with E-state index in [1.807, 2.05) is 35.2 Å². The molecule has 0 bridgehead atoms. The first-order valence-corrected chi connectivity index (χ1v) is 12.3. The minimum atomic E-state index is -1.11. The number of carbonyl (C=O) groups is 2. The summed E-state index contributed by atoms with van der Waals surface area (Å²) in [5, 5.41) is 17.1. The van der Waals surface area contributed by atoms with Gasteiger partial charge >= 0.3 is 5.97 Å². The Labute approximate surface area is 208 Å². The van der Waals surface area contributed by atoms with Gasteiger partial charge in [0.2, 0.25) is 0 Å². The van der Waals surface area contributed by atoms with Gasteiger partial charge in [0, 0.05) is 25.8 Å². The molecule has 2 N–H and O–H groups in total. The fourth-order valence-electron chi connectivity index (χ4n) is 5.78. The van der Waals surface area contributed by atoms with E-state index in [0.717, 1.165) is 31.2 Å². The van der Waals surface area contributed by atoms with E-state index in [4.69, 9.17) is 0 Å². The average molecular weight is 482 g/mol. The summed E-state index contributed by atoms with van der Waals surface area (Å²) >= 11 is 0. The van der Waals surface area contributed by atoms with E-state index in [1.54, 1.807) is 0 Å². The highest BCUT2D eigenvalue weighted by Crippen LogP contribution is 2.46. The second-order valence-corrected chi connectivity index (χ2v) is 9.69. The maximum atomic E-state index is 13.8. The molecule has 182 valence electrons. The Morgan fingerprint density at radius 1 is 0.944 bits per heavy atom. The Morgan fingerprint density at radius 3 is 2.47 bits per heavy atom. The quantitative estimate of drug-likeness (QED) is 0.444. The SMILES string of the molecule is O=C(O)c1cnn2c(NCc3ccccc3)c(C(=O)N3CCC4(CCc5ccccc54)CC3)cnc12. The summed E-state index contributed by atoms with van der Waals surface area (Å²) in [6.07, 6.45) is 6.86. The molecule has 0 saturated carbocycles. The highest BCUT2D eigenvalue weighted by molar-refractivity contribution is 6.00. The number of hydrogen-bond acceptors (Lipinski definition) is 5.